The number of hydrogen-bond donors (Lipinski definition) is 1. The lowest BCUT2D eigenvalue weighted by molar-refractivity contribution is -0.137. The number of hydrogen-bond acceptors (Lipinski definition) is 2. The van der Waals surface area contributed by atoms with Crippen molar-refractivity contribution in [1.82, 2.24) is 10.2 Å². The number of carbonyl (C=O) groups excluding carboxylic acids is 1. The predicted octanol–water partition coefficient (Wildman–Crippen LogP) is 2.70. The Labute approximate surface area is 122 Å². The molecule has 112 valence electrons. The van der Waals surface area contributed by atoms with Gasteiger partial charge in [0, 0.05) is 18.6 Å². The first kappa shape index (κ1) is 13.1. The first-order chi connectivity index (χ1) is 9.83. The minimum atomic E-state index is 0.141. The quantitative estimate of drug-likeness (QED) is 0.798. The standard InChI is InChI=1S/C17H28N2O/c20-17(15-11-13-5-1-2-8-14(13)18-15)19-10-4-7-12-6-3-9-16(12)19/h12-16,18H,1-11H2. The van der Waals surface area contributed by atoms with Gasteiger partial charge in [-0.1, -0.05) is 19.3 Å². The molecule has 4 aliphatic rings. The van der Waals surface area contributed by atoms with Crippen molar-refractivity contribution in [3.63, 3.8) is 0 Å². The van der Waals surface area contributed by atoms with Crippen LogP contribution < -0.4 is 5.32 Å². The van der Waals surface area contributed by atoms with Gasteiger partial charge >= 0.3 is 0 Å². The van der Waals surface area contributed by atoms with E-state index >= 15 is 0 Å². The lowest BCUT2D eigenvalue weighted by atomic mass is 9.85. The molecule has 4 fully saturated rings. The van der Waals surface area contributed by atoms with Crippen molar-refractivity contribution in [2.45, 2.75) is 82.3 Å². The molecule has 4 rings (SSSR count). The molecule has 20 heavy (non-hydrogen) atoms. The summed E-state index contributed by atoms with van der Waals surface area (Å²) in [6, 6.07) is 1.37. The number of likely N-dealkylation sites (tertiary alicyclic amines) is 1. The van der Waals surface area contributed by atoms with Gasteiger partial charge in [-0.3, -0.25) is 4.79 Å². The van der Waals surface area contributed by atoms with Gasteiger partial charge in [-0.2, -0.15) is 0 Å². The van der Waals surface area contributed by atoms with E-state index in [9.17, 15) is 4.79 Å². The number of rotatable bonds is 1. The summed E-state index contributed by atoms with van der Waals surface area (Å²) in [5.74, 6) is 2.04. The normalized spacial score (nSPS) is 44.2. The van der Waals surface area contributed by atoms with Crippen molar-refractivity contribution in [1.29, 1.82) is 0 Å². The third-order valence-electron chi connectivity index (χ3n) is 6.44. The Kier molecular flexibility index (Phi) is 3.49. The average Bonchev–Trinajstić information content (AvgIpc) is 3.12. The van der Waals surface area contributed by atoms with Crippen LogP contribution in [0.4, 0.5) is 0 Å². The Morgan fingerprint density at radius 2 is 1.70 bits per heavy atom. The summed E-state index contributed by atoms with van der Waals surface area (Å²) in [6.07, 6.45) is 13.0. The minimum Gasteiger partial charge on any atom is -0.338 e. The van der Waals surface area contributed by atoms with Crippen LogP contribution in [0.2, 0.25) is 0 Å². The Hall–Kier alpha value is -0.570. The molecule has 2 aliphatic heterocycles. The van der Waals surface area contributed by atoms with E-state index < -0.39 is 0 Å². The molecule has 0 bridgehead atoms. The molecule has 0 aromatic carbocycles. The van der Waals surface area contributed by atoms with Crippen molar-refractivity contribution in [3.05, 3.63) is 0 Å². The third kappa shape index (κ3) is 2.18. The molecule has 1 N–H and O–H groups in total. The first-order valence-corrected chi connectivity index (χ1v) is 8.89. The van der Waals surface area contributed by atoms with Crippen LogP contribution in [0.15, 0.2) is 0 Å². The minimum absolute atomic E-state index is 0.141. The summed E-state index contributed by atoms with van der Waals surface area (Å²) in [7, 11) is 0. The van der Waals surface area contributed by atoms with Crippen molar-refractivity contribution >= 4 is 5.91 Å². The van der Waals surface area contributed by atoms with Crippen LogP contribution in [0.1, 0.15) is 64.2 Å². The molecule has 2 aliphatic carbocycles. The van der Waals surface area contributed by atoms with Crippen molar-refractivity contribution < 1.29 is 4.79 Å². The van der Waals surface area contributed by atoms with Crippen molar-refractivity contribution in [2.75, 3.05) is 6.54 Å². The predicted molar refractivity (Wildman–Crippen MR) is 79.4 cm³/mol. The molecule has 1 amide bonds. The maximum atomic E-state index is 12.9. The fourth-order valence-corrected chi connectivity index (χ4v) is 5.44. The van der Waals surface area contributed by atoms with Gasteiger partial charge < -0.3 is 10.2 Å². The van der Waals surface area contributed by atoms with Gasteiger partial charge in [-0.15, -0.1) is 0 Å². The lowest BCUT2D eigenvalue weighted by Gasteiger charge is -2.39. The number of carbonyl (C=O) groups is 1. The van der Waals surface area contributed by atoms with Crippen LogP contribution in [0.25, 0.3) is 0 Å². The summed E-state index contributed by atoms with van der Waals surface area (Å²) in [4.78, 5) is 15.2. The second-order valence-corrected chi connectivity index (χ2v) is 7.54. The van der Waals surface area contributed by atoms with E-state index in [1.54, 1.807) is 0 Å². The zero-order valence-electron chi connectivity index (χ0n) is 12.5. The smallest absolute Gasteiger partial charge is 0.239 e. The van der Waals surface area contributed by atoms with Gasteiger partial charge in [0.2, 0.25) is 5.91 Å². The molecule has 2 saturated heterocycles. The number of nitrogens with one attached hydrogen (secondary N) is 1. The molecule has 0 spiro atoms. The molecular formula is C17H28N2O. The Morgan fingerprint density at radius 1 is 0.900 bits per heavy atom. The van der Waals surface area contributed by atoms with E-state index in [-0.39, 0.29) is 6.04 Å². The highest BCUT2D eigenvalue weighted by atomic mass is 16.2. The zero-order chi connectivity index (χ0) is 13.5. The average molecular weight is 276 g/mol. The third-order valence-corrected chi connectivity index (χ3v) is 6.44. The molecular weight excluding hydrogens is 248 g/mol. The summed E-state index contributed by atoms with van der Waals surface area (Å²) >= 11 is 0. The molecule has 3 heteroatoms. The number of amides is 1. The summed E-state index contributed by atoms with van der Waals surface area (Å²) < 4.78 is 0. The van der Waals surface area contributed by atoms with E-state index in [0.29, 0.717) is 18.0 Å². The summed E-state index contributed by atoms with van der Waals surface area (Å²) in [5, 5.41) is 3.68. The number of nitrogens with zero attached hydrogens (tertiary/aromatic N) is 1. The highest BCUT2D eigenvalue weighted by Crippen LogP contribution is 2.39. The molecule has 0 aromatic rings. The van der Waals surface area contributed by atoms with Crippen LogP contribution in [0.5, 0.6) is 0 Å². The van der Waals surface area contributed by atoms with Crippen LogP contribution in [-0.2, 0) is 4.79 Å². The molecule has 0 radical (unpaired) electrons. The maximum Gasteiger partial charge on any atom is 0.239 e. The summed E-state index contributed by atoms with van der Waals surface area (Å²) in [6.45, 7) is 1.02. The number of fused-ring (bicyclic) bond motifs is 2. The van der Waals surface area contributed by atoms with Gasteiger partial charge in [-0.25, -0.2) is 0 Å². The van der Waals surface area contributed by atoms with Crippen LogP contribution in [-0.4, -0.2) is 35.5 Å². The largest absolute Gasteiger partial charge is 0.338 e. The fraction of sp³-hybridized carbons (Fsp3) is 0.941. The Morgan fingerprint density at radius 3 is 2.60 bits per heavy atom. The molecule has 2 heterocycles. The Bertz CT molecular complexity index is 369. The van der Waals surface area contributed by atoms with Crippen LogP contribution in [0, 0.1) is 11.8 Å². The zero-order valence-corrected chi connectivity index (χ0v) is 12.5. The van der Waals surface area contributed by atoms with E-state index in [2.05, 4.69) is 10.2 Å². The van der Waals surface area contributed by atoms with Gasteiger partial charge in [-0.05, 0) is 56.8 Å². The SMILES string of the molecule is O=C(C1CC2CCCCC2N1)N1CCCC2CCCC21. The van der Waals surface area contributed by atoms with E-state index in [4.69, 9.17) is 0 Å². The molecule has 0 aromatic heterocycles. The molecule has 3 nitrogen and oxygen atoms in total. The molecule has 5 unspecified atom stereocenters. The monoisotopic (exact) mass is 276 g/mol. The van der Waals surface area contributed by atoms with Gasteiger partial charge in [0.05, 0.1) is 6.04 Å². The van der Waals surface area contributed by atoms with Gasteiger partial charge in [0.1, 0.15) is 0 Å². The van der Waals surface area contributed by atoms with Crippen LogP contribution in [0.3, 0.4) is 0 Å². The van der Waals surface area contributed by atoms with E-state index in [1.807, 2.05) is 0 Å². The molecule has 2 saturated carbocycles. The second kappa shape index (κ2) is 5.32. The van der Waals surface area contributed by atoms with Gasteiger partial charge in [0.25, 0.3) is 0 Å². The van der Waals surface area contributed by atoms with E-state index in [0.717, 1.165) is 24.8 Å². The highest BCUT2D eigenvalue weighted by Gasteiger charge is 2.43. The highest BCUT2D eigenvalue weighted by molar-refractivity contribution is 5.82. The first-order valence-electron chi connectivity index (χ1n) is 8.89. The number of piperidine rings is 1. The topological polar surface area (TPSA) is 32.3 Å². The lowest BCUT2D eigenvalue weighted by Crippen LogP contribution is -2.52. The second-order valence-electron chi connectivity index (χ2n) is 7.54. The fourth-order valence-electron chi connectivity index (χ4n) is 5.44. The van der Waals surface area contributed by atoms with Crippen LogP contribution >= 0.6 is 0 Å². The maximum absolute atomic E-state index is 12.9. The van der Waals surface area contributed by atoms with Gasteiger partial charge in [0.15, 0.2) is 0 Å². The Balaban J connectivity index is 1.44. The summed E-state index contributed by atoms with van der Waals surface area (Å²) in [5.41, 5.74) is 0. The van der Waals surface area contributed by atoms with E-state index in [1.165, 1.54) is 57.8 Å². The van der Waals surface area contributed by atoms with Crippen molar-refractivity contribution in [3.8, 4) is 0 Å². The molecule has 5 atom stereocenters. The van der Waals surface area contributed by atoms with Crippen molar-refractivity contribution in [2.24, 2.45) is 11.8 Å².